The highest BCUT2D eigenvalue weighted by Crippen LogP contribution is 2.18. The van der Waals surface area contributed by atoms with Crippen LogP contribution in [0, 0.1) is 0 Å². The highest BCUT2D eigenvalue weighted by molar-refractivity contribution is 5.92. The van der Waals surface area contributed by atoms with Gasteiger partial charge in [0.1, 0.15) is 12.1 Å². The van der Waals surface area contributed by atoms with Gasteiger partial charge in [-0.25, -0.2) is 9.78 Å². The van der Waals surface area contributed by atoms with E-state index >= 15 is 0 Å². The number of aromatic nitrogens is 3. The predicted molar refractivity (Wildman–Crippen MR) is 111 cm³/mol. The summed E-state index contributed by atoms with van der Waals surface area (Å²) in [5.74, 6) is -2.72. The molecule has 0 aliphatic rings. The summed E-state index contributed by atoms with van der Waals surface area (Å²) >= 11 is 0. The van der Waals surface area contributed by atoms with Crippen LogP contribution in [0.25, 0.3) is 10.9 Å². The zero-order valence-electron chi connectivity index (χ0n) is 16.5. The zero-order chi connectivity index (χ0) is 22.4. The van der Waals surface area contributed by atoms with Gasteiger partial charge in [0.15, 0.2) is 0 Å². The molecule has 2 aromatic heterocycles. The first-order chi connectivity index (χ1) is 14.9. The van der Waals surface area contributed by atoms with Crippen molar-refractivity contribution in [1.82, 2.24) is 25.6 Å². The minimum absolute atomic E-state index is 0.0369. The molecule has 0 aliphatic carbocycles. The average molecular weight is 428 g/mol. The first kappa shape index (κ1) is 22.0. The quantitative estimate of drug-likeness (QED) is 0.217. The van der Waals surface area contributed by atoms with Crippen LogP contribution in [-0.2, 0) is 27.2 Å². The lowest BCUT2D eigenvalue weighted by Crippen LogP contribution is -2.56. The van der Waals surface area contributed by atoms with Gasteiger partial charge in [-0.15, -0.1) is 0 Å². The smallest absolute Gasteiger partial charge is 0.328 e. The summed E-state index contributed by atoms with van der Waals surface area (Å²) in [4.78, 5) is 46.3. The van der Waals surface area contributed by atoms with Crippen LogP contribution >= 0.6 is 0 Å². The number of hydrogen-bond donors (Lipinski definition) is 7. The molecule has 2 amide bonds. The Balaban J connectivity index is 1.70. The molecular formula is C20H24N6O5. The van der Waals surface area contributed by atoms with Crippen molar-refractivity contribution in [3.05, 3.63) is 54.2 Å². The molecule has 1 aromatic carbocycles. The second-order valence-electron chi connectivity index (χ2n) is 7.09. The van der Waals surface area contributed by atoms with E-state index in [2.05, 4.69) is 25.6 Å². The topological polar surface area (TPSA) is 186 Å². The molecule has 0 radical (unpaired) electrons. The Hall–Kier alpha value is -3.70. The van der Waals surface area contributed by atoms with Gasteiger partial charge in [0, 0.05) is 35.4 Å². The highest BCUT2D eigenvalue weighted by atomic mass is 16.4. The molecule has 0 bridgehead atoms. The van der Waals surface area contributed by atoms with Gasteiger partial charge >= 0.3 is 5.97 Å². The third-order valence-corrected chi connectivity index (χ3v) is 4.86. The van der Waals surface area contributed by atoms with Gasteiger partial charge in [-0.05, 0) is 18.1 Å². The van der Waals surface area contributed by atoms with Crippen molar-refractivity contribution in [2.45, 2.75) is 31.0 Å². The number of benzene rings is 1. The number of nitrogens with zero attached hydrogens (tertiary/aromatic N) is 1. The van der Waals surface area contributed by atoms with Gasteiger partial charge in [0.25, 0.3) is 0 Å². The van der Waals surface area contributed by atoms with Crippen LogP contribution < -0.4 is 16.4 Å². The average Bonchev–Trinajstić information content (AvgIpc) is 3.41. The lowest BCUT2D eigenvalue weighted by molar-refractivity contribution is -0.143. The van der Waals surface area contributed by atoms with Crippen LogP contribution in [0.3, 0.4) is 0 Å². The lowest BCUT2D eigenvalue weighted by atomic mass is 10.0. The number of carboxylic acid groups (broad SMARTS) is 1. The van der Waals surface area contributed by atoms with Gasteiger partial charge in [-0.3, -0.25) is 9.59 Å². The van der Waals surface area contributed by atoms with Crippen molar-refractivity contribution >= 4 is 28.7 Å². The molecule has 8 N–H and O–H groups in total. The van der Waals surface area contributed by atoms with Crippen molar-refractivity contribution in [2.24, 2.45) is 5.73 Å². The van der Waals surface area contributed by atoms with Crippen molar-refractivity contribution in [1.29, 1.82) is 0 Å². The van der Waals surface area contributed by atoms with Crippen molar-refractivity contribution in [2.75, 3.05) is 6.61 Å². The molecule has 0 saturated carbocycles. The number of nitrogens with one attached hydrogen (secondary N) is 4. The summed E-state index contributed by atoms with van der Waals surface area (Å²) in [5, 5.41) is 24.0. The molecular weight excluding hydrogens is 404 g/mol. The molecule has 3 aromatic rings. The summed E-state index contributed by atoms with van der Waals surface area (Å²) in [6.07, 6.45) is 4.96. The number of fused-ring (bicyclic) bond motifs is 1. The van der Waals surface area contributed by atoms with Crippen LogP contribution in [0.4, 0.5) is 0 Å². The third kappa shape index (κ3) is 5.47. The van der Waals surface area contributed by atoms with Gasteiger partial charge < -0.3 is 36.5 Å². The predicted octanol–water partition coefficient (Wildman–Crippen LogP) is -0.950. The SMILES string of the molecule is NC(Cc1c[nH]c2ccccc12)C(=O)NC(Cc1cnc[nH]1)C(=O)NC(CO)C(=O)O. The van der Waals surface area contributed by atoms with Crippen LogP contribution in [-0.4, -0.2) is 67.7 Å². The summed E-state index contributed by atoms with van der Waals surface area (Å²) in [5.41, 5.74) is 8.42. The Labute approximate surface area is 177 Å². The molecule has 3 unspecified atom stereocenters. The number of amides is 2. The molecule has 3 atom stereocenters. The Kier molecular flexibility index (Phi) is 7.00. The Morgan fingerprint density at radius 2 is 1.81 bits per heavy atom. The molecule has 3 rings (SSSR count). The van der Waals surface area contributed by atoms with E-state index in [1.165, 1.54) is 12.5 Å². The summed E-state index contributed by atoms with van der Waals surface area (Å²) in [7, 11) is 0. The van der Waals surface area contributed by atoms with E-state index in [4.69, 9.17) is 15.9 Å². The van der Waals surface area contributed by atoms with Crippen LogP contribution in [0.15, 0.2) is 43.0 Å². The fourth-order valence-corrected chi connectivity index (χ4v) is 3.19. The number of aliphatic hydroxyl groups excluding tert-OH is 1. The fourth-order valence-electron chi connectivity index (χ4n) is 3.19. The first-order valence-corrected chi connectivity index (χ1v) is 9.61. The molecule has 0 spiro atoms. The number of nitrogens with two attached hydrogens (primary N) is 1. The molecule has 11 heteroatoms. The third-order valence-electron chi connectivity index (χ3n) is 4.86. The number of hydrogen-bond acceptors (Lipinski definition) is 6. The normalized spacial score (nSPS) is 14.0. The van der Waals surface area contributed by atoms with E-state index in [0.29, 0.717) is 5.69 Å². The van der Waals surface area contributed by atoms with Crippen molar-refractivity contribution in [3.8, 4) is 0 Å². The monoisotopic (exact) mass is 428 g/mol. The second-order valence-corrected chi connectivity index (χ2v) is 7.09. The second kappa shape index (κ2) is 9.87. The Morgan fingerprint density at radius 1 is 1.06 bits per heavy atom. The molecule has 164 valence electrons. The highest BCUT2D eigenvalue weighted by Gasteiger charge is 2.28. The van der Waals surface area contributed by atoms with Gasteiger partial charge in [-0.2, -0.15) is 0 Å². The van der Waals surface area contributed by atoms with Gasteiger partial charge in [-0.1, -0.05) is 18.2 Å². The minimum Gasteiger partial charge on any atom is -0.480 e. The number of aromatic amines is 2. The number of para-hydroxylation sites is 1. The van der Waals surface area contributed by atoms with Crippen LogP contribution in [0.5, 0.6) is 0 Å². The summed E-state index contributed by atoms with van der Waals surface area (Å²) in [6, 6.07) is 4.06. The van der Waals surface area contributed by atoms with E-state index < -0.39 is 42.5 Å². The number of carbonyl (C=O) groups excluding carboxylic acids is 2. The number of H-pyrrole nitrogens is 2. The standard InChI is InChI=1S/C20H24N6O5/c21-14(5-11-7-23-15-4-2-1-3-13(11)15)18(28)25-16(6-12-8-22-10-24-12)19(29)26-17(9-27)20(30)31/h1-4,7-8,10,14,16-17,23,27H,5-6,9,21H2,(H,22,24)(H,25,28)(H,26,29)(H,30,31). The van der Waals surface area contributed by atoms with E-state index in [-0.39, 0.29) is 12.8 Å². The largest absolute Gasteiger partial charge is 0.480 e. The maximum absolute atomic E-state index is 12.7. The number of imidazole rings is 1. The summed E-state index contributed by atoms with van der Waals surface area (Å²) < 4.78 is 0. The van der Waals surface area contributed by atoms with E-state index in [0.717, 1.165) is 16.5 Å². The maximum Gasteiger partial charge on any atom is 0.328 e. The van der Waals surface area contributed by atoms with Crippen LogP contribution in [0.1, 0.15) is 11.3 Å². The first-order valence-electron chi connectivity index (χ1n) is 9.61. The number of carbonyl (C=O) groups is 3. The van der Waals surface area contributed by atoms with Gasteiger partial charge in [0.05, 0.1) is 19.0 Å². The van der Waals surface area contributed by atoms with E-state index in [9.17, 15) is 14.4 Å². The zero-order valence-corrected chi connectivity index (χ0v) is 16.5. The lowest BCUT2D eigenvalue weighted by Gasteiger charge is -2.22. The van der Waals surface area contributed by atoms with Crippen molar-refractivity contribution in [3.63, 3.8) is 0 Å². The fraction of sp³-hybridized carbons (Fsp3) is 0.300. The van der Waals surface area contributed by atoms with E-state index in [1.54, 1.807) is 6.20 Å². The molecule has 2 heterocycles. The number of carboxylic acids is 1. The van der Waals surface area contributed by atoms with Gasteiger partial charge in [0.2, 0.25) is 11.8 Å². The maximum atomic E-state index is 12.7. The minimum atomic E-state index is -1.49. The van der Waals surface area contributed by atoms with Crippen molar-refractivity contribution < 1.29 is 24.6 Å². The molecule has 31 heavy (non-hydrogen) atoms. The molecule has 0 aliphatic heterocycles. The Bertz CT molecular complexity index is 1050. The van der Waals surface area contributed by atoms with Crippen LogP contribution in [0.2, 0.25) is 0 Å². The molecule has 0 saturated heterocycles. The Morgan fingerprint density at radius 3 is 2.48 bits per heavy atom. The van der Waals surface area contributed by atoms with E-state index in [1.807, 2.05) is 24.3 Å². The summed E-state index contributed by atoms with van der Waals surface area (Å²) in [6.45, 7) is -0.786. The number of rotatable bonds is 10. The number of aliphatic carboxylic acids is 1. The number of aliphatic hydroxyl groups is 1. The molecule has 11 nitrogen and oxygen atoms in total. The molecule has 0 fully saturated rings.